The Bertz CT molecular complexity index is 530. The third-order valence-corrected chi connectivity index (χ3v) is 4.86. The Morgan fingerprint density at radius 2 is 1.92 bits per heavy atom. The van der Waals surface area contributed by atoms with Gasteiger partial charge in [-0.25, -0.2) is 0 Å². The molecule has 5 nitrogen and oxygen atoms in total. The van der Waals surface area contributed by atoms with E-state index in [1.54, 1.807) is 0 Å². The molecule has 0 bridgehead atoms. The van der Waals surface area contributed by atoms with Crippen molar-refractivity contribution in [2.24, 2.45) is 11.7 Å². The molecule has 0 aliphatic carbocycles. The van der Waals surface area contributed by atoms with E-state index < -0.39 is 6.04 Å². The lowest BCUT2D eigenvalue weighted by molar-refractivity contribution is -0.123. The van der Waals surface area contributed by atoms with Gasteiger partial charge < -0.3 is 16.0 Å². The van der Waals surface area contributed by atoms with Crippen molar-refractivity contribution in [2.45, 2.75) is 26.3 Å². The van der Waals surface area contributed by atoms with Crippen LogP contribution in [0.1, 0.15) is 20.3 Å². The second-order valence-corrected chi connectivity index (χ2v) is 7.10. The Morgan fingerprint density at radius 3 is 2.54 bits per heavy atom. The van der Waals surface area contributed by atoms with Gasteiger partial charge in [0.05, 0.1) is 16.8 Å². The van der Waals surface area contributed by atoms with Gasteiger partial charge in [0.25, 0.3) is 0 Å². The molecule has 0 aromatic heterocycles. The van der Waals surface area contributed by atoms with Crippen LogP contribution in [0.2, 0.25) is 5.02 Å². The Hall–Kier alpha value is -1.30. The van der Waals surface area contributed by atoms with E-state index in [4.69, 9.17) is 17.3 Å². The van der Waals surface area contributed by atoms with Crippen LogP contribution in [0.5, 0.6) is 0 Å². The number of benzene rings is 1. The minimum absolute atomic E-state index is 0.0476. The van der Waals surface area contributed by atoms with Gasteiger partial charge >= 0.3 is 0 Å². The van der Waals surface area contributed by atoms with Gasteiger partial charge in [-0.1, -0.05) is 37.6 Å². The number of rotatable bonds is 7. The largest absolute Gasteiger partial charge is 0.368 e. The predicted molar refractivity (Wildman–Crippen MR) is 101 cm³/mol. The molecule has 3 N–H and O–H groups in total. The molecule has 2 rings (SSSR count). The van der Waals surface area contributed by atoms with Crippen LogP contribution in [0.3, 0.4) is 0 Å². The quantitative estimate of drug-likeness (QED) is 0.736. The first-order valence-electron chi connectivity index (χ1n) is 8.74. The maximum Gasteiger partial charge on any atom is 0.237 e. The molecule has 1 aliphatic rings. The lowest BCUT2D eigenvalue weighted by Gasteiger charge is -2.36. The molecule has 24 heavy (non-hydrogen) atoms. The summed E-state index contributed by atoms with van der Waals surface area (Å²) in [4.78, 5) is 16.6. The summed E-state index contributed by atoms with van der Waals surface area (Å²) in [6.45, 7) is 9.60. The minimum atomic E-state index is -0.413. The third-order valence-electron chi connectivity index (χ3n) is 4.54. The van der Waals surface area contributed by atoms with Crippen molar-refractivity contribution in [3.63, 3.8) is 0 Å². The van der Waals surface area contributed by atoms with E-state index in [0.717, 1.165) is 49.9 Å². The highest BCUT2D eigenvalue weighted by Crippen LogP contribution is 2.25. The van der Waals surface area contributed by atoms with Gasteiger partial charge in [0.2, 0.25) is 5.91 Å². The highest BCUT2D eigenvalue weighted by molar-refractivity contribution is 6.33. The van der Waals surface area contributed by atoms with Crippen LogP contribution >= 0.6 is 11.6 Å². The average molecular weight is 353 g/mol. The summed E-state index contributed by atoms with van der Waals surface area (Å²) in [7, 11) is 0. The normalized spacial score (nSPS) is 17.1. The molecule has 1 aromatic carbocycles. The first-order valence-corrected chi connectivity index (χ1v) is 9.12. The Morgan fingerprint density at radius 1 is 1.25 bits per heavy atom. The molecule has 1 amide bonds. The number of nitrogens with zero attached hydrogens (tertiary/aromatic N) is 2. The number of carbonyl (C=O) groups is 1. The maximum atomic E-state index is 11.8. The van der Waals surface area contributed by atoms with Gasteiger partial charge in [-0.3, -0.25) is 9.69 Å². The van der Waals surface area contributed by atoms with Crippen molar-refractivity contribution in [3.05, 3.63) is 29.3 Å². The van der Waals surface area contributed by atoms with Crippen LogP contribution in [0, 0.1) is 5.92 Å². The van der Waals surface area contributed by atoms with Gasteiger partial charge in [0.15, 0.2) is 0 Å². The van der Waals surface area contributed by atoms with Gasteiger partial charge in [0.1, 0.15) is 0 Å². The summed E-state index contributed by atoms with van der Waals surface area (Å²) >= 11 is 6.27. The van der Waals surface area contributed by atoms with Crippen LogP contribution in [-0.2, 0) is 4.79 Å². The number of amides is 1. The van der Waals surface area contributed by atoms with E-state index in [-0.39, 0.29) is 11.8 Å². The zero-order valence-corrected chi connectivity index (χ0v) is 15.4. The summed E-state index contributed by atoms with van der Waals surface area (Å²) in [6, 6.07) is 7.59. The number of hydrogen-bond donors (Lipinski definition) is 2. The second-order valence-electron chi connectivity index (χ2n) is 6.69. The summed E-state index contributed by atoms with van der Waals surface area (Å²) in [5.41, 5.74) is 6.95. The minimum Gasteiger partial charge on any atom is -0.368 e. The second kappa shape index (κ2) is 9.25. The van der Waals surface area contributed by atoms with Gasteiger partial charge in [-0.2, -0.15) is 0 Å². The van der Waals surface area contributed by atoms with Crippen molar-refractivity contribution >= 4 is 23.2 Å². The highest BCUT2D eigenvalue weighted by atomic mass is 35.5. The predicted octanol–water partition coefficient (Wildman–Crippen LogP) is 1.95. The van der Waals surface area contributed by atoms with Crippen molar-refractivity contribution in [1.29, 1.82) is 0 Å². The first-order chi connectivity index (χ1) is 11.5. The molecule has 1 saturated heterocycles. The molecule has 0 spiro atoms. The van der Waals surface area contributed by atoms with Crippen molar-refractivity contribution < 1.29 is 4.79 Å². The molecule has 0 unspecified atom stereocenters. The third kappa shape index (κ3) is 5.36. The van der Waals surface area contributed by atoms with Crippen molar-refractivity contribution in [2.75, 3.05) is 44.2 Å². The smallest absolute Gasteiger partial charge is 0.237 e. The Kier molecular flexibility index (Phi) is 7.34. The van der Waals surface area contributed by atoms with E-state index in [1.807, 2.05) is 32.0 Å². The number of hydrogen-bond acceptors (Lipinski definition) is 4. The fraction of sp³-hybridized carbons (Fsp3) is 0.611. The van der Waals surface area contributed by atoms with Crippen LogP contribution in [0.4, 0.5) is 5.69 Å². The number of piperazine rings is 1. The molecule has 0 radical (unpaired) electrons. The number of para-hydroxylation sites is 1. The first kappa shape index (κ1) is 19.0. The molecular weight excluding hydrogens is 324 g/mol. The monoisotopic (exact) mass is 352 g/mol. The van der Waals surface area contributed by atoms with E-state index in [9.17, 15) is 4.79 Å². The molecule has 1 aromatic rings. The number of carbonyl (C=O) groups excluding carboxylic acids is 1. The molecule has 1 fully saturated rings. The summed E-state index contributed by atoms with van der Waals surface area (Å²) in [5, 5.41) is 3.74. The molecule has 0 saturated carbocycles. The Balaban J connectivity index is 1.65. The highest BCUT2D eigenvalue weighted by Gasteiger charge is 2.19. The van der Waals surface area contributed by atoms with E-state index in [0.29, 0.717) is 6.54 Å². The van der Waals surface area contributed by atoms with E-state index in [1.165, 1.54) is 0 Å². The molecular formula is C18H29ClN4O. The molecule has 1 atom stereocenters. The fourth-order valence-electron chi connectivity index (χ4n) is 2.86. The Labute approximate surface area is 150 Å². The van der Waals surface area contributed by atoms with Gasteiger partial charge in [0, 0.05) is 32.7 Å². The van der Waals surface area contributed by atoms with Crippen LogP contribution < -0.4 is 16.0 Å². The van der Waals surface area contributed by atoms with Gasteiger partial charge in [-0.15, -0.1) is 0 Å². The zero-order chi connectivity index (χ0) is 17.5. The van der Waals surface area contributed by atoms with Crippen LogP contribution in [0.15, 0.2) is 24.3 Å². The standard InChI is InChI=1S/C18H29ClN4O/c1-14(2)17(20)18(24)21-8-5-9-22-10-12-23(13-11-22)16-7-4-3-6-15(16)19/h3-4,6-7,14,17H,5,8-13,20H2,1-2H3,(H,21,24)/t17-/m0/s1. The fourth-order valence-corrected chi connectivity index (χ4v) is 3.11. The van der Waals surface area contributed by atoms with Crippen LogP contribution in [-0.4, -0.2) is 56.1 Å². The van der Waals surface area contributed by atoms with E-state index in [2.05, 4.69) is 21.2 Å². The molecule has 1 heterocycles. The summed E-state index contributed by atoms with van der Waals surface area (Å²) in [6.07, 6.45) is 0.947. The number of anilines is 1. The zero-order valence-electron chi connectivity index (χ0n) is 14.7. The average Bonchev–Trinajstić information content (AvgIpc) is 2.59. The lowest BCUT2D eigenvalue weighted by atomic mass is 10.1. The molecule has 6 heteroatoms. The molecule has 134 valence electrons. The van der Waals surface area contributed by atoms with Gasteiger partial charge in [-0.05, 0) is 31.0 Å². The summed E-state index contributed by atoms with van der Waals surface area (Å²) < 4.78 is 0. The van der Waals surface area contributed by atoms with Crippen molar-refractivity contribution in [3.8, 4) is 0 Å². The lowest BCUT2D eigenvalue weighted by Crippen LogP contribution is -2.47. The van der Waals surface area contributed by atoms with E-state index >= 15 is 0 Å². The number of nitrogens with two attached hydrogens (primary N) is 1. The molecule has 1 aliphatic heterocycles. The summed E-state index contributed by atoms with van der Waals surface area (Å²) in [5.74, 6) is 0.122. The van der Waals surface area contributed by atoms with Crippen molar-refractivity contribution in [1.82, 2.24) is 10.2 Å². The maximum absolute atomic E-state index is 11.8. The SMILES string of the molecule is CC(C)[C@H](N)C(=O)NCCCN1CCN(c2ccccc2Cl)CC1. The topological polar surface area (TPSA) is 61.6 Å². The van der Waals surface area contributed by atoms with Crippen LogP contribution in [0.25, 0.3) is 0 Å². The number of nitrogens with one attached hydrogen (secondary N) is 1. The number of halogens is 1.